The third-order valence-electron chi connectivity index (χ3n) is 2.93. The van der Waals surface area contributed by atoms with E-state index in [1.165, 1.54) is 0 Å². The van der Waals surface area contributed by atoms with Crippen LogP contribution < -0.4 is 0 Å². The summed E-state index contributed by atoms with van der Waals surface area (Å²) in [6.45, 7) is 3.97. The molecule has 2 aromatic rings. The molecule has 2 rings (SSSR count). The molecule has 19 heavy (non-hydrogen) atoms. The van der Waals surface area contributed by atoms with Crippen molar-refractivity contribution in [2.45, 2.75) is 38.1 Å². The van der Waals surface area contributed by atoms with Crippen LogP contribution in [0.2, 0.25) is 0 Å². The Morgan fingerprint density at radius 3 is 2.95 bits per heavy atom. The highest BCUT2D eigenvalue weighted by molar-refractivity contribution is 7.99. The first-order chi connectivity index (χ1) is 9.12. The van der Waals surface area contributed by atoms with Crippen LogP contribution in [0.15, 0.2) is 17.7 Å². The Hall–Kier alpha value is -1.61. The topological polar surface area (TPSA) is 78.2 Å². The zero-order valence-corrected chi connectivity index (χ0v) is 12.0. The van der Waals surface area contributed by atoms with Gasteiger partial charge < -0.3 is 4.98 Å². The molecule has 0 radical (unpaired) electrons. The standard InChI is InChI=1S/C13H17N5S/c1-13(2,7-14)5-3-4-6-19-12-10-11(16-8-15-10)17-9-18-12/h8-9H,3-6H2,1-2H3,(H,15,16,17,18). The monoisotopic (exact) mass is 275 g/mol. The zero-order chi connectivity index (χ0) is 13.7. The molecule has 0 aliphatic heterocycles. The second kappa shape index (κ2) is 6.02. The lowest BCUT2D eigenvalue weighted by atomic mass is 9.89. The number of imidazole rings is 1. The number of fused-ring (bicyclic) bond motifs is 1. The van der Waals surface area contributed by atoms with Crippen molar-refractivity contribution in [1.29, 1.82) is 5.26 Å². The molecule has 100 valence electrons. The number of aromatic nitrogens is 4. The van der Waals surface area contributed by atoms with Crippen molar-refractivity contribution in [3.63, 3.8) is 0 Å². The van der Waals surface area contributed by atoms with Gasteiger partial charge in [-0.1, -0.05) is 6.42 Å². The summed E-state index contributed by atoms with van der Waals surface area (Å²) < 4.78 is 0. The van der Waals surface area contributed by atoms with Gasteiger partial charge in [0.2, 0.25) is 0 Å². The predicted octanol–water partition coefficient (Wildman–Crippen LogP) is 3.17. The zero-order valence-electron chi connectivity index (χ0n) is 11.2. The van der Waals surface area contributed by atoms with Crippen molar-refractivity contribution in [2.24, 2.45) is 5.41 Å². The van der Waals surface area contributed by atoms with Crippen LogP contribution >= 0.6 is 11.8 Å². The Bertz CT molecular complexity index is 584. The minimum Gasteiger partial charge on any atom is -0.341 e. The molecule has 0 saturated carbocycles. The summed E-state index contributed by atoms with van der Waals surface area (Å²) in [5.74, 6) is 0.993. The van der Waals surface area contributed by atoms with Crippen LogP contribution in [-0.2, 0) is 0 Å². The van der Waals surface area contributed by atoms with E-state index in [0.717, 1.165) is 35.6 Å². The first kappa shape index (κ1) is 13.8. The summed E-state index contributed by atoms with van der Waals surface area (Å²) in [6, 6.07) is 2.33. The Kier molecular flexibility index (Phi) is 4.38. The summed E-state index contributed by atoms with van der Waals surface area (Å²) >= 11 is 1.71. The van der Waals surface area contributed by atoms with Crippen molar-refractivity contribution in [3.05, 3.63) is 12.7 Å². The summed E-state index contributed by atoms with van der Waals surface area (Å²) in [5.41, 5.74) is 1.41. The average molecular weight is 275 g/mol. The van der Waals surface area contributed by atoms with Gasteiger partial charge in [-0.15, -0.1) is 11.8 Å². The van der Waals surface area contributed by atoms with E-state index in [0.29, 0.717) is 5.65 Å². The van der Waals surface area contributed by atoms with Gasteiger partial charge in [-0.05, 0) is 32.4 Å². The first-order valence-corrected chi connectivity index (χ1v) is 7.29. The summed E-state index contributed by atoms with van der Waals surface area (Å²) in [6.07, 6.45) is 6.26. The molecular weight excluding hydrogens is 258 g/mol. The number of aromatic amines is 1. The van der Waals surface area contributed by atoms with E-state index >= 15 is 0 Å². The van der Waals surface area contributed by atoms with Crippen molar-refractivity contribution in [2.75, 3.05) is 5.75 Å². The second-order valence-corrected chi connectivity index (χ2v) is 6.16. The van der Waals surface area contributed by atoms with Gasteiger partial charge in [0.25, 0.3) is 0 Å². The van der Waals surface area contributed by atoms with Crippen LogP contribution in [0.4, 0.5) is 0 Å². The van der Waals surface area contributed by atoms with Crippen molar-refractivity contribution in [3.8, 4) is 6.07 Å². The summed E-state index contributed by atoms with van der Waals surface area (Å²) in [5, 5.41) is 9.89. The van der Waals surface area contributed by atoms with E-state index in [1.807, 2.05) is 13.8 Å². The van der Waals surface area contributed by atoms with Crippen molar-refractivity contribution < 1.29 is 0 Å². The maximum atomic E-state index is 8.94. The second-order valence-electron chi connectivity index (χ2n) is 5.08. The van der Waals surface area contributed by atoms with Crippen molar-refractivity contribution >= 4 is 22.9 Å². The Morgan fingerprint density at radius 1 is 1.32 bits per heavy atom. The molecule has 0 amide bonds. The van der Waals surface area contributed by atoms with Crippen LogP contribution in [0.1, 0.15) is 33.1 Å². The normalized spacial score (nSPS) is 11.6. The maximum Gasteiger partial charge on any atom is 0.181 e. The summed E-state index contributed by atoms with van der Waals surface area (Å²) in [7, 11) is 0. The molecule has 0 saturated heterocycles. The van der Waals surface area contributed by atoms with E-state index in [9.17, 15) is 0 Å². The van der Waals surface area contributed by atoms with E-state index in [-0.39, 0.29) is 5.41 Å². The molecule has 1 N–H and O–H groups in total. The van der Waals surface area contributed by atoms with Crippen molar-refractivity contribution in [1.82, 2.24) is 19.9 Å². The lowest BCUT2D eigenvalue weighted by Gasteiger charge is -2.13. The van der Waals surface area contributed by atoms with Gasteiger partial charge in [-0.2, -0.15) is 5.26 Å². The number of unbranched alkanes of at least 4 members (excludes halogenated alkanes) is 1. The number of nitriles is 1. The maximum absolute atomic E-state index is 8.94. The highest BCUT2D eigenvalue weighted by Gasteiger charge is 2.15. The van der Waals surface area contributed by atoms with Crippen LogP contribution in [0, 0.1) is 16.7 Å². The van der Waals surface area contributed by atoms with Crippen LogP contribution in [-0.4, -0.2) is 25.7 Å². The fourth-order valence-electron chi connectivity index (χ4n) is 1.75. The first-order valence-electron chi connectivity index (χ1n) is 6.30. The van der Waals surface area contributed by atoms with Gasteiger partial charge in [0.05, 0.1) is 17.8 Å². The molecule has 0 aromatic carbocycles. The smallest absolute Gasteiger partial charge is 0.181 e. The average Bonchev–Trinajstić information content (AvgIpc) is 2.87. The fourth-order valence-corrected chi connectivity index (χ4v) is 2.70. The number of H-pyrrole nitrogens is 1. The van der Waals surface area contributed by atoms with E-state index < -0.39 is 0 Å². The molecule has 0 spiro atoms. The fraction of sp³-hybridized carbons (Fsp3) is 0.538. The van der Waals surface area contributed by atoms with Crippen LogP contribution in [0.3, 0.4) is 0 Å². The largest absolute Gasteiger partial charge is 0.341 e. The third kappa shape index (κ3) is 3.67. The molecule has 0 unspecified atom stereocenters. The Morgan fingerprint density at radius 2 is 2.16 bits per heavy atom. The molecule has 0 fully saturated rings. The lowest BCUT2D eigenvalue weighted by molar-refractivity contribution is 0.433. The number of nitrogens with one attached hydrogen (secondary N) is 1. The molecule has 0 bridgehead atoms. The minimum atomic E-state index is -0.212. The highest BCUT2D eigenvalue weighted by Crippen LogP contribution is 2.25. The number of hydrogen-bond donors (Lipinski definition) is 1. The Balaban J connectivity index is 1.81. The molecule has 0 atom stereocenters. The number of thioether (sulfide) groups is 1. The molecule has 0 aliphatic carbocycles. The van der Waals surface area contributed by atoms with E-state index in [1.54, 1.807) is 24.4 Å². The predicted molar refractivity (Wildman–Crippen MR) is 75.7 cm³/mol. The van der Waals surface area contributed by atoms with Crippen LogP contribution in [0.25, 0.3) is 11.2 Å². The van der Waals surface area contributed by atoms with Gasteiger partial charge in [0.15, 0.2) is 5.65 Å². The van der Waals surface area contributed by atoms with Gasteiger partial charge in [0, 0.05) is 0 Å². The number of rotatable bonds is 6. The minimum absolute atomic E-state index is 0.212. The third-order valence-corrected chi connectivity index (χ3v) is 4.00. The van der Waals surface area contributed by atoms with Gasteiger partial charge in [-0.25, -0.2) is 15.0 Å². The molecule has 6 heteroatoms. The molecule has 0 aliphatic rings. The number of hydrogen-bond acceptors (Lipinski definition) is 5. The molecule has 2 heterocycles. The number of nitrogens with zero attached hydrogens (tertiary/aromatic N) is 4. The lowest BCUT2D eigenvalue weighted by Crippen LogP contribution is -2.07. The van der Waals surface area contributed by atoms with E-state index in [2.05, 4.69) is 26.0 Å². The SMILES string of the molecule is CC(C)(C#N)CCCCSc1ncnc2nc[nH]c12. The van der Waals surface area contributed by atoms with Gasteiger partial charge in [0.1, 0.15) is 16.9 Å². The summed E-state index contributed by atoms with van der Waals surface area (Å²) in [4.78, 5) is 15.5. The molecule has 5 nitrogen and oxygen atoms in total. The Labute approximate surface area is 116 Å². The quantitative estimate of drug-likeness (QED) is 0.497. The molecular formula is C13H17N5S. The highest BCUT2D eigenvalue weighted by atomic mass is 32.2. The van der Waals surface area contributed by atoms with E-state index in [4.69, 9.17) is 5.26 Å². The molecule has 2 aromatic heterocycles. The van der Waals surface area contributed by atoms with Gasteiger partial charge >= 0.3 is 0 Å². The van der Waals surface area contributed by atoms with Gasteiger partial charge in [-0.3, -0.25) is 0 Å². The van der Waals surface area contributed by atoms with Crippen LogP contribution in [0.5, 0.6) is 0 Å².